The van der Waals surface area contributed by atoms with Crippen LogP contribution in [0, 0.1) is 5.82 Å². The first-order chi connectivity index (χ1) is 19.5. The van der Waals surface area contributed by atoms with Gasteiger partial charge in [0.2, 0.25) is 11.8 Å². The first-order valence-corrected chi connectivity index (χ1v) is 13.1. The number of rotatable bonds is 7. The molecule has 0 saturated carbocycles. The molecule has 0 radical (unpaired) electrons. The molecule has 0 spiro atoms. The number of hydrogen-bond acceptors (Lipinski definition) is 11. The Morgan fingerprint density at radius 3 is 2.70 bits per heavy atom. The molecule has 0 amide bonds. The van der Waals surface area contributed by atoms with Gasteiger partial charge < -0.3 is 34.2 Å². The molecular weight excluding hydrogens is 521 g/mol. The fourth-order valence-electron chi connectivity index (χ4n) is 5.20. The summed E-state index contributed by atoms with van der Waals surface area (Å²) in [6, 6.07) is 8.40. The molecule has 13 nitrogen and oxygen atoms in total. The van der Waals surface area contributed by atoms with Crippen LogP contribution in [-0.4, -0.2) is 97.3 Å². The fourth-order valence-corrected chi connectivity index (χ4v) is 5.20. The predicted octanol–water partition coefficient (Wildman–Crippen LogP) is 1.42. The van der Waals surface area contributed by atoms with E-state index in [9.17, 15) is 9.50 Å². The molecule has 5 aromatic rings. The van der Waals surface area contributed by atoms with Gasteiger partial charge in [-0.1, -0.05) is 0 Å². The number of nitrogens with zero attached hydrogens (tertiary/aromatic N) is 8. The molecule has 40 heavy (non-hydrogen) atoms. The average Bonchev–Trinajstić information content (AvgIpc) is 3.76. The van der Waals surface area contributed by atoms with Crippen LogP contribution in [0.15, 0.2) is 47.3 Å². The number of hydrogen-bond donors (Lipinski definition) is 2. The van der Waals surface area contributed by atoms with E-state index >= 15 is 0 Å². The fraction of sp³-hybridized carbons (Fsp3) is 0.385. The zero-order valence-corrected chi connectivity index (χ0v) is 21.6. The highest BCUT2D eigenvalue weighted by atomic mass is 19.1. The highest BCUT2D eigenvalue weighted by Gasteiger charge is 2.28. The second-order valence-corrected chi connectivity index (χ2v) is 9.93. The molecule has 0 bridgehead atoms. The Kier molecular flexibility index (Phi) is 6.21. The summed E-state index contributed by atoms with van der Waals surface area (Å²) >= 11 is 0. The molecule has 2 aliphatic rings. The number of piperazine rings is 1. The molecule has 2 saturated heterocycles. The van der Waals surface area contributed by atoms with Gasteiger partial charge in [-0.15, -0.1) is 5.10 Å². The van der Waals surface area contributed by atoms with Gasteiger partial charge in [0.15, 0.2) is 22.6 Å². The van der Waals surface area contributed by atoms with Gasteiger partial charge in [-0.05, 0) is 24.3 Å². The van der Waals surface area contributed by atoms with Crippen LogP contribution in [0.3, 0.4) is 0 Å². The summed E-state index contributed by atoms with van der Waals surface area (Å²) in [6.45, 7) is 4.92. The van der Waals surface area contributed by atoms with Crippen molar-refractivity contribution in [3.63, 3.8) is 0 Å². The van der Waals surface area contributed by atoms with Crippen molar-refractivity contribution in [3.8, 4) is 17.3 Å². The number of furan rings is 1. The van der Waals surface area contributed by atoms with Crippen LogP contribution in [0.5, 0.6) is 5.75 Å². The normalized spacial score (nSPS) is 20.2. The second kappa shape index (κ2) is 10.0. The molecule has 0 aliphatic carbocycles. The Morgan fingerprint density at radius 2 is 1.95 bits per heavy atom. The number of benzene rings is 1. The van der Waals surface area contributed by atoms with Gasteiger partial charge in [-0.2, -0.15) is 9.50 Å². The maximum absolute atomic E-state index is 14.9. The van der Waals surface area contributed by atoms with Crippen LogP contribution in [-0.2, 0) is 11.3 Å². The van der Waals surface area contributed by atoms with Crippen molar-refractivity contribution in [2.75, 3.05) is 56.6 Å². The van der Waals surface area contributed by atoms with Crippen molar-refractivity contribution in [3.05, 3.63) is 48.7 Å². The minimum atomic E-state index is -0.701. The largest absolute Gasteiger partial charge is 0.485 e. The van der Waals surface area contributed by atoms with Gasteiger partial charge >= 0.3 is 0 Å². The topological polar surface area (TPSA) is 145 Å². The molecule has 7 rings (SSSR count). The molecule has 6 heterocycles. The van der Waals surface area contributed by atoms with Crippen LogP contribution in [0.4, 0.5) is 16.0 Å². The van der Waals surface area contributed by atoms with Crippen molar-refractivity contribution < 1.29 is 23.4 Å². The third kappa shape index (κ3) is 4.49. The van der Waals surface area contributed by atoms with E-state index in [0.29, 0.717) is 66.1 Å². The third-order valence-electron chi connectivity index (χ3n) is 7.38. The lowest BCUT2D eigenvalue weighted by molar-refractivity contribution is 0.0731. The lowest BCUT2D eigenvalue weighted by atomic mass is 10.2. The predicted molar refractivity (Wildman–Crippen MR) is 142 cm³/mol. The van der Waals surface area contributed by atoms with Gasteiger partial charge in [0, 0.05) is 45.3 Å². The number of imidazole rings is 1. The van der Waals surface area contributed by atoms with E-state index in [-0.39, 0.29) is 18.4 Å². The number of nitrogens with two attached hydrogens (primary N) is 1. The standard InChI is InChI=1S/C26H28FN9O4/c27-17-12-16(40-21-14-38-13-19(21)37)3-4-18(17)34-8-5-33(6-9-34)7-10-35-15-29-22-24(35)31-26(28)36-25(22)30-23(32-36)20-2-1-11-39-20/h1-4,11-12,15,19,21,37H,5-10,13-14H2,(H2,28,31)/t19-,21-/m1/s1. The number of ether oxygens (including phenoxy) is 2. The molecule has 1 aromatic carbocycles. The monoisotopic (exact) mass is 549 g/mol. The maximum Gasteiger partial charge on any atom is 0.225 e. The number of nitrogen functional groups attached to an aromatic ring is 1. The van der Waals surface area contributed by atoms with Gasteiger partial charge in [0.05, 0.1) is 31.5 Å². The Labute approximate surface area is 227 Å². The van der Waals surface area contributed by atoms with Gasteiger partial charge in [-0.25, -0.2) is 14.4 Å². The molecule has 208 valence electrons. The highest BCUT2D eigenvalue weighted by molar-refractivity contribution is 5.87. The van der Waals surface area contributed by atoms with Crippen molar-refractivity contribution in [2.45, 2.75) is 18.8 Å². The first kappa shape index (κ1) is 24.7. The molecule has 4 aromatic heterocycles. The summed E-state index contributed by atoms with van der Waals surface area (Å²) in [5.74, 6) is 1.21. The van der Waals surface area contributed by atoms with Crippen molar-refractivity contribution in [1.29, 1.82) is 0 Å². The smallest absolute Gasteiger partial charge is 0.225 e. The quantitative estimate of drug-likeness (QED) is 0.304. The summed E-state index contributed by atoms with van der Waals surface area (Å²) in [7, 11) is 0. The zero-order valence-electron chi connectivity index (χ0n) is 21.6. The molecule has 14 heteroatoms. The third-order valence-corrected chi connectivity index (χ3v) is 7.38. The summed E-state index contributed by atoms with van der Waals surface area (Å²) < 4.78 is 34.7. The minimum absolute atomic E-state index is 0.217. The van der Waals surface area contributed by atoms with Crippen molar-refractivity contribution in [2.24, 2.45) is 0 Å². The second-order valence-electron chi connectivity index (χ2n) is 9.93. The molecule has 2 aliphatic heterocycles. The number of halogens is 1. The number of aliphatic hydroxyl groups is 1. The van der Waals surface area contributed by atoms with E-state index in [0.717, 1.165) is 19.6 Å². The number of aliphatic hydroxyl groups excluding tert-OH is 1. The van der Waals surface area contributed by atoms with Crippen molar-refractivity contribution in [1.82, 2.24) is 34.0 Å². The number of anilines is 2. The van der Waals surface area contributed by atoms with E-state index in [1.807, 2.05) is 9.47 Å². The van der Waals surface area contributed by atoms with Gasteiger partial charge in [-0.3, -0.25) is 4.90 Å². The average molecular weight is 550 g/mol. The summed E-state index contributed by atoms with van der Waals surface area (Å²) in [5.41, 5.74) is 8.52. The van der Waals surface area contributed by atoms with Crippen LogP contribution in [0.1, 0.15) is 0 Å². The highest BCUT2D eigenvalue weighted by Crippen LogP contribution is 2.27. The lowest BCUT2D eigenvalue weighted by Crippen LogP contribution is -2.47. The van der Waals surface area contributed by atoms with Crippen LogP contribution < -0.4 is 15.4 Å². The zero-order chi connectivity index (χ0) is 27.2. The Bertz CT molecular complexity index is 1650. The van der Waals surface area contributed by atoms with E-state index in [1.54, 1.807) is 36.9 Å². The van der Waals surface area contributed by atoms with Gasteiger partial charge in [0.25, 0.3) is 0 Å². The summed E-state index contributed by atoms with van der Waals surface area (Å²) in [6.07, 6.45) is 2.13. The maximum atomic E-state index is 14.9. The van der Waals surface area contributed by atoms with E-state index in [2.05, 4.69) is 25.0 Å². The van der Waals surface area contributed by atoms with Gasteiger partial charge in [0.1, 0.15) is 23.8 Å². The Hall–Kier alpha value is -4.27. The lowest BCUT2D eigenvalue weighted by Gasteiger charge is -2.36. The Morgan fingerprint density at radius 1 is 1.07 bits per heavy atom. The van der Waals surface area contributed by atoms with Crippen molar-refractivity contribution >= 4 is 28.4 Å². The SMILES string of the molecule is Nc1nc2c(ncn2CCN2CCN(c3ccc(O[C@@H]4COC[C@H]4O)cc3F)CC2)c2nc(-c3ccco3)nn12. The molecular formula is C26H28FN9O4. The Balaban J connectivity index is 0.990. The minimum Gasteiger partial charge on any atom is -0.485 e. The number of aromatic nitrogens is 6. The van der Waals surface area contributed by atoms with Crippen LogP contribution >= 0.6 is 0 Å². The number of fused-ring (bicyclic) bond motifs is 3. The molecule has 3 N–H and O–H groups in total. The van der Waals surface area contributed by atoms with E-state index < -0.39 is 12.2 Å². The molecule has 0 unspecified atom stereocenters. The molecule has 2 fully saturated rings. The molecule has 2 atom stereocenters. The van der Waals surface area contributed by atoms with E-state index in [1.165, 1.54) is 10.6 Å². The van der Waals surface area contributed by atoms with E-state index in [4.69, 9.17) is 19.6 Å². The first-order valence-electron chi connectivity index (χ1n) is 13.1. The summed E-state index contributed by atoms with van der Waals surface area (Å²) in [5, 5.41) is 14.3. The van der Waals surface area contributed by atoms with Crippen LogP contribution in [0.2, 0.25) is 0 Å². The van der Waals surface area contributed by atoms with Crippen LogP contribution in [0.25, 0.3) is 28.4 Å². The summed E-state index contributed by atoms with van der Waals surface area (Å²) in [4.78, 5) is 18.0.